The van der Waals surface area contributed by atoms with Crippen molar-refractivity contribution in [3.8, 4) is 11.3 Å². The molecule has 0 aliphatic carbocycles. The van der Waals surface area contributed by atoms with E-state index in [1.54, 1.807) is 0 Å². The Hall–Kier alpha value is -4.26. The summed E-state index contributed by atoms with van der Waals surface area (Å²) in [5, 5.41) is 12.8. The highest BCUT2D eigenvalue weighted by atomic mass is 16.1. The largest absolute Gasteiger partial charge is 0.305 e. The number of benzene rings is 2. The smallest absolute Gasteiger partial charge is 0.257 e. The van der Waals surface area contributed by atoms with Crippen molar-refractivity contribution in [3.63, 3.8) is 0 Å². The monoisotopic (exact) mass is 450 g/mol. The lowest BCUT2D eigenvalue weighted by atomic mass is 10.0. The molecule has 0 spiro atoms. The number of anilines is 1. The first kappa shape index (κ1) is 21.6. The van der Waals surface area contributed by atoms with Crippen LogP contribution in [-0.2, 0) is 13.6 Å². The van der Waals surface area contributed by atoms with Crippen molar-refractivity contribution in [2.75, 3.05) is 5.32 Å². The highest BCUT2D eigenvalue weighted by Gasteiger charge is 2.19. The molecule has 0 aliphatic rings. The van der Waals surface area contributed by atoms with Gasteiger partial charge >= 0.3 is 0 Å². The van der Waals surface area contributed by atoms with E-state index in [9.17, 15) is 4.79 Å². The summed E-state index contributed by atoms with van der Waals surface area (Å²) in [5.74, 6) is 0.287. The molecule has 0 unspecified atom stereocenters. The fourth-order valence-electron chi connectivity index (χ4n) is 4.30. The van der Waals surface area contributed by atoms with Gasteiger partial charge in [-0.2, -0.15) is 10.2 Å². The number of aryl methyl sites for hydroxylation is 3. The van der Waals surface area contributed by atoms with E-state index in [0.29, 0.717) is 17.9 Å². The van der Waals surface area contributed by atoms with Gasteiger partial charge in [0.05, 0.1) is 29.0 Å². The number of rotatable bonds is 5. The number of nitrogens with one attached hydrogen (secondary N) is 1. The van der Waals surface area contributed by atoms with Gasteiger partial charge in [0, 0.05) is 36.0 Å². The Morgan fingerprint density at radius 3 is 2.50 bits per heavy atom. The number of fused-ring (bicyclic) bond motifs is 1. The molecule has 2 aromatic carbocycles. The van der Waals surface area contributed by atoms with Gasteiger partial charge in [-0.1, -0.05) is 42.5 Å². The predicted octanol–water partition coefficient (Wildman–Crippen LogP) is 5.06. The van der Waals surface area contributed by atoms with Gasteiger partial charge in [0.2, 0.25) is 0 Å². The van der Waals surface area contributed by atoms with Crippen molar-refractivity contribution >= 4 is 22.6 Å². The van der Waals surface area contributed by atoms with Crippen LogP contribution in [0.3, 0.4) is 0 Å². The Bertz CT molecular complexity index is 1530. The summed E-state index contributed by atoms with van der Waals surface area (Å²) in [5.41, 5.74) is 7.28. The van der Waals surface area contributed by atoms with Crippen LogP contribution in [0.4, 0.5) is 5.82 Å². The highest BCUT2D eigenvalue weighted by molar-refractivity contribution is 6.12. The van der Waals surface area contributed by atoms with Crippen LogP contribution < -0.4 is 5.32 Å². The zero-order chi connectivity index (χ0) is 23.8. The number of carbonyl (C=O) groups is 1. The number of hydrogen-bond acceptors (Lipinski definition) is 4. The van der Waals surface area contributed by atoms with Crippen LogP contribution >= 0.6 is 0 Å². The Morgan fingerprint density at radius 2 is 1.74 bits per heavy atom. The fraction of sp³-hybridized carbons (Fsp3) is 0.185. The molecule has 5 rings (SSSR count). The number of hydrogen-bond donors (Lipinski definition) is 1. The van der Waals surface area contributed by atoms with Gasteiger partial charge in [-0.25, -0.2) is 4.98 Å². The molecule has 0 radical (unpaired) electrons. The van der Waals surface area contributed by atoms with Crippen LogP contribution in [0.5, 0.6) is 0 Å². The summed E-state index contributed by atoms with van der Waals surface area (Å²) in [6, 6.07) is 19.6. The van der Waals surface area contributed by atoms with Gasteiger partial charge in [-0.15, -0.1) is 0 Å². The molecule has 1 N–H and O–H groups in total. The number of aromatic nitrogens is 5. The van der Waals surface area contributed by atoms with Crippen molar-refractivity contribution in [2.24, 2.45) is 7.05 Å². The van der Waals surface area contributed by atoms with Crippen LogP contribution in [-0.4, -0.2) is 30.5 Å². The molecule has 1 amide bonds. The zero-order valence-electron chi connectivity index (χ0n) is 19.7. The van der Waals surface area contributed by atoms with E-state index in [-0.39, 0.29) is 5.91 Å². The third-order valence-electron chi connectivity index (χ3n) is 6.20. The minimum atomic E-state index is -0.222. The van der Waals surface area contributed by atoms with Crippen LogP contribution in [0.1, 0.15) is 32.9 Å². The van der Waals surface area contributed by atoms with Crippen LogP contribution in [0.2, 0.25) is 0 Å². The molecule has 0 saturated heterocycles. The second-order valence-electron chi connectivity index (χ2n) is 8.52. The van der Waals surface area contributed by atoms with Gasteiger partial charge in [-0.3, -0.25) is 14.2 Å². The molecule has 0 bridgehead atoms. The van der Waals surface area contributed by atoms with Crippen LogP contribution in [0, 0.1) is 20.8 Å². The van der Waals surface area contributed by atoms with E-state index >= 15 is 0 Å². The Morgan fingerprint density at radius 1 is 0.971 bits per heavy atom. The van der Waals surface area contributed by atoms with E-state index in [0.717, 1.165) is 33.5 Å². The first-order chi connectivity index (χ1) is 16.4. The van der Waals surface area contributed by atoms with E-state index < -0.39 is 0 Å². The topological polar surface area (TPSA) is 77.6 Å². The molecule has 34 heavy (non-hydrogen) atoms. The Kier molecular flexibility index (Phi) is 5.45. The summed E-state index contributed by atoms with van der Waals surface area (Å²) in [4.78, 5) is 18.2. The summed E-state index contributed by atoms with van der Waals surface area (Å²) in [6.45, 7) is 6.69. The molecule has 170 valence electrons. The van der Waals surface area contributed by atoms with Crippen LogP contribution in [0.15, 0.2) is 66.9 Å². The quantitative estimate of drug-likeness (QED) is 0.406. The Balaban J connectivity index is 1.48. The maximum Gasteiger partial charge on any atom is 0.257 e. The molecule has 3 aromatic heterocycles. The molecule has 0 atom stereocenters. The summed E-state index contributed by atoms with van der Waals surface area (Å²) >= 11 is 0. The first-order valence-corrected chi connectivity index (χ1v) is 11.2. The lowest BCUT2D eigenvalue weighted by Crippen LogP contribution is -2.14. The number of amides is 1. The summed E-state index contributed by atoms with van der Waals surface area (Å²) in [6.07, 6.45) is 1.88. The molecule has 3 heterocycles. The van der Waals surface area contributed by atoms with E-state index in [1.165, 1.54) is 11.1 Å². The number of nitrogens with zero attached hydrogens (tertiary/aromatic N) is 5. The molecular weight excluding hydrogens is 424 g/mol. The second kappa shape index (κ2) is 8.59. The van der Waals surface area contributed by atoms with Crippen molar-refractivity contribution in [1.29, 1.82) is 0 Å². The summed E-state index contributed by atoms with van der Waals surface area (Å²) in [7, 11) is 1.91. The molecule has 0 fully saturated rings. The average Bonchev–Trinajstić information content (AvgIpc) is 3.36. The van der Waals surface area contributed by atoms with Crippen molar-refractivity contribution in [3.05, 3.63) is 94.9 Å². The molecular formula is C27H26N6O. The second-order valence-corrected chi connectivity index (χ2v) is 8.52. The number of para-hydroxylation sites is 1. The van der Waals surface area contributed by atoms with Crippen LogP contribution in [0.25, 0.3) is 22.2 Å². The molecule has 7 heteroatoms. The molecule has 0 aliphatic heterocycles. The lowest BCUT2D eigenvalue weighted by Gasteiger charge is -2.10. The van der Waals surface area contributed by atoms with Gasteiger partial charge in [0.25, 0.3) is 5.91 Å². The number of pyridine rings is 1. The molecule has 7 nitrogen and oxygen atoms in total. The van der Waals surface area contributed by atoms with Gasteiger partial charge in [-0.05, 0) is 44.0 Å². The maximum atomic E-state index is 13.4. The van der Waals surface area contributed by atoms with Crippen molar-refractivity contribution in [2.45, 2.75) is 27.3 Å². The van der Waals surface area contributed by atoms with E-state index in [2.05, 4.69) is 34.6 Å². The summed E-state index contributed by atoms with van der Waals surface area (Å²) < 4.78 is 3.67. The van der Waals surface area contributed by atoms with Gasteiger partial charge in [0.15, 0.2) is 5.82 Å². The fourth-order valence-corrected chi connectivity index (χ4v) is 4.30. The number of carbonyl (C=O) groups excluding carboxylic acids is 1. The van der Waals surface area contributed by atoms with Crippen molar-refractivity contribution < 1.29 is 4.79 Å². The minimum absolute atomic E-state index is 0.222. The van der Waals surface area contributed by atoms with Crippen molar-refractivity contribution in [1.82, 2.24) is 24.5 Å². The van der Waals surface area contributed by atoms with E-state index in [4.69, 9.17) is 4.98 Å². The normalized spacial score (nSPS) is 11.2. The average molecular weight is 451 g/mol. The first-order valence-electron chi connectivity index (χ1n) is 11.2. The molecule has 5 aromatic rings. The minimum Gasteiger partial charge on any atom is -0.305 e. The highest BCUT2D eigenvalue weighted by Crippen LogP contribution is 2.29. The molecule has 0 saturated carbocycles. The SMILES string of the molecule is Cc1ccccc1Cn1ccc(NC(=O)c2cc(-c3c(C)nn(C)c3C)nc3ccccc23)n1. The Labute approximate surface area is 198 Å². The zero-order valence-corrected chi connectivity index (χ0v) is 19.7. The third-order valence-corrected chi connectivity index (χ3v) is 6.20. The third kappa shape index (κ3) is 3.96. The standard InChI is InChI=1S/C27H26N6O/c1-17-9-5-6-10-20(17)16-33-14-13-25(31-33)29-27(34)22-15-24(26-18(2)30-32(4)19(26)3)28-23-12-8-7-11-21(22)23/h5-15H,16H2,1-4H3,(H,29,31,34). The predicted molar refractivity (Wildman–Crippen MR) is 134 cm³/mol. The lowest BCUT2D eigenvalue weighted by molar-refractivity contribution is 0.102. The van der Waals surface area contributed by atoms with E-state index in [1.807, 2.05) is 85.0 Å². The maximum absolute atomic E-state index is 13.4. The van der Waals surface area contributed by atoms with Gasteiger partial charge < -0.3 is 5.32 Å². The van der Waals surface area contributed by atoms with Gasteiger partial charge in [0.1, 0.15) is 0 Å².